The maximum absolute atomic E-state index is 12.5. The number of anilines is 2. The predicted octanol–water partition coefficient (Wildman–Crippen LogP) is 1.76. The van der Waals surface area contributed by atoms with Gasteiger partial charge in [-0.25, -0.2) is 0 Å². The second-order valence-corrected chi connectivity index (χ2v) is 5.66. The number of nitrogens with zero attached hydrogens (tertiary/aromatic N) is 3. The van der Waals surface area contributed by atoms with Crippen molar-refractivity contribution in [3.63, 3.8) is 0 Å². The van der Waals surface area contributed by atoms with Gasteiger partial charge in [0.2, 0.25) is 0 Å². The van der Waals surface area contributed by atoms with E-state index >= 15 is 0 Å². The van der Waals surface area contributed by atoms with Crippen molar-refractivity contribution in [2.45, 2.75) is 18.9 Å². The molecule has 1 fully saturated rings. The Morgan fingerprint density at radius 1 is 1.41 bits per heavy atom. The molecular formula is C16H20N4O2. The van der Waals surface area contributed by atoms with Crippen molar-refractivity contribution in [3.05, 3.63) is 42.2 Å². The van der Waals surface area contributed by atoms with Crippen LogP contribution in [0.3, 0.4) is 0 Å². The molecule has 2 aromatic rings. The van der Waals surface area contributed by atoms with Gasteiger partial charge in [-0.2, -0.15) is 5.10 Å². The number of β-amino-alcohol motifs (C(OH)–C–C–N with tert-alkyl or cyclic N) is 1. The number of benzene rings is 1. The van der Waals surface area contributed by atoms with Gasteiger partial charge in [0.25, 0.3) is 5.91 Å². The van der Waals surface area contributed by atoms with Crippen LogP contribution in [0.2, 0.25) is 0 Å². The van der Waals surface area contributed by atoms with E-state index in [-0.39, 0.29) is 5.91 Å². The van der Waals surface area contributed by atoms with Crippen LogP contribution in [0.25, 0.3) is 0 Å². The predicted molar refractivity (Wildman–Crippen MR) is 84.1 cm³/mol. The molecule has 3 rings (SSSR count). The third kappa shape index (κ3) is 3.28. The summed E-state index contributed by atoms with van der Waals surface area (Å²) in [6.45, 7) is 1.12. The molecule has 1 aliphatic rings. The minimum Gasteiger partial charge on any atom is -0.391 e. The third-order valence-corrected chi connectivity index (χ3v) is 3.79. The van der Waals surface area contributed by atoms with Crippen molar-refractivity contribution in [2.24, 2.45) is 7.05 Å². The van der Waals surface area contributed by atoms with Crippen molar-refractivity contribution >= 4 is 17.3 Å². The fraction of sp³-hybridized carbons (Fsp3) is 0.375. The summed E-state index contributed by atoms with van der Waals surface area (Å²) in [6.07, 6.45) is 4.81. The average molecular weight is 300 g/mol. The number of carbonyl (C=O) groups excluding carboxylic acids is 1. The molecule has 6 nitrogen and oxygen atoms in total. The van der Waals surface area contributed by atoms with E-state index in [2.05, 4.69) is 10.4 Å². The summed E-state index contributed by atoms with van der Waals surface area (Å²) < 4.78 is 1.71. The molecule has 0 saturated carbocycles. The highest BCUT2D eigenvalue weighted by Crippen LogP contribution is 2.19. The second-order valence-electron chi connectivity index (χ2n) is 5.66. The number of carbonyl (C=O) groups is 1. The Balaban J connectivity index is 1.74. The van der Waals surface area contributed by atoms with Crippen molar-refractivity contribution in [2.75, 3.05) is 18.4 Å². The van der Waals surface area contributed by atoms with Crippen LogP contribution in [0.15, 0.2) is 36.7 Å². The Morgan fingerprint density at radius 2 is 2.27 bits per heavy atom. The Bertz CT molecular complexity index is 668. The first-order chi connectivity index (χ1) is 10.6. The van der Waals surface area contributed by atoms with Gasteiger partial charge >= 0.3 is 0 Å². The first kappa shape index (κ1) is 14.6. The number of aromatic nitrogens is 2. The van der Waals surface area contributed by atoms with Crippen LogP contribution >= 0.6 is 0 Å². The Labute approximate surface area is 129 Å². The molecule has 116 valence electrons. The monoisotopic (exact) mass is 300 g/mol. The summed E-state index contributed by atoms with van der Waals surface area (Å²) in [5, 5.41) is 17.0. The summed E-state index contributed by atoms with van der Waals surface area (Å²) in [6, 6.07) is 7.40. The van der Waals surface area contributed by atoms with E-state index in [1.165, 1.54) is 0 Å². The molecule has 1 amide bonds. The topological polar surface area (TPSA) is 70.4 Å². The Hall–Kier alpha value is -2.34. The van der Waals surface area contributed by atoms with E-state index in [4.69, 9.17) is 0 Å². The molecule has 22 heavy (non-hydrogen) atoms. The van der Waals surface area contributed by atoms with Gasteiger partial charge in [0.1, 0.15) is 0 Å². The number of piperidine rings is 1. The summed E-state index contributed by atoms with van der Waals surface area (Å²) in [7, 11) is 1.85. The molecule has 1 aliphatic heterocycles. The van der Waals surface area contributed by atoms with Gasteiger partial charge in [-0.1, -0.05) is 6.07 Å². The zero-order chi connectivity index (χ0) is 15.5. The number of aliphatic hydroxyl groups excluding tert-OH is 1. The van der Waals surface area contributed by atoms with E-state index in [1.807, 2.05) is 31.4 Å². The summed E-state index contributed by atoms with van der Waals surface area (Å²) in [4.78, 5) is 14.2. The van der Waals surface area contributed by atoms with Crippen LogP contribution < -0.4 is 5.32 Å². The van der Waals surface area contributed by atoms with E-state index in [0.717, 1.165) is 24.2 Å². The van der Waals surface area contributed by atoms with Gasteiger partial charge in [0.05, 0.1) is 18.0 Å². The largest absolute Gasteiger partial charge is 0.391 e. The van der Waals surface area contributed by atoms with Gasteiger partial charge in [0.15, 0.2) is 0 Å². The van der Waals surface area contributed by atoms with Gasteiger partial charge in [-0.3, -0.25) is 9.48 Å². The second kappa shape index (κ2) is 6.19. The highest BCUT2D eigenvalue weighted by atomic mass is 16.3. The molecule has 1 atom stereocenters. The smallest absolute Gasteiger partial charge is 0.254 e. The number of amides is 1. The van der Waals surface area contributed by atoms with Gasteiger partial charge in [-0.15, -0.1) is 0 Å². The highest BCUT2D eigenvalue weighted by molar-refractivity contribution is 5.95. The zero-order valence-corrected chi connectivity index (χ0v) is 12.6. The van der Waals surface area contributed by atoms with Crippen molar-refractivity contribution < 1.29 is 9.90 Å². The number of rotatable bonds is 3. The average Bonchev–Trinajstić information content (AvgIpc) is 2.92. The molecule has 1 saturated heterocycles. The summed E-state index contributed by atoms with van der Waals surface area (Å²) in [5.41, 5.74) is 2.35. The van der Waals surface area contributed by atoms with Crippen molar-refractivity contribution in [3.8, 4) is 0 Å². The molecule has 1 aromatic heterocycles. The first-order valence-corrected chi connectivity index (χ1v) is 7.45. The first-order valence-electron chi connectivity index (χ1n) is 7.45. The number of nitrogens with one attached hydrogen (secondary N) is 1. The Morgan fingerprint density at radius 3 is 3.00 bits per heavy atom. The molecule has 0 radical (unpaired) electrons. The lowest BCUT2D eigenvalue weighted by molar-refractivity contribution is 0.0474. The fourth-order valence-electron chi connectivity index (χ4n) is 2.70. The maximum atomic E-state index is 12.5. The SMILES string of the molecule is Cn1cc(Nc2cccc(C(=O)N3CCCC(O)C3)c2)cn1. The molecular weight excluding hydrogens is 280 g/mol. The number of hydrogen-bond acceptors (Lipinski definition) is 4. The Kier molecular flexibility index (Phi) is 4.11. The highest BCUT2D eigenvalue weighted by Gasteiger charge is 2.23. The lowest BCUT2D eigenvalue weighted by Crippen LogP contribution is -2.42. The number of aryl methyl sites for hydroxylation is 1. The van der Waals surface area contributed by atoms with Gasteiger partial charge in [-0.05, 0) is 31.0 Å². The maximum Gasteiger partial charge on any atom is 0.254 e. The summed E-state index contributed by atoms with van der Waals surface area (Å²) in [5.74, 6) is -0.0337. The lowest BCUT2D eigenvalue weighted by atomic mass is 10.1. The lowest BCUT2D eigenvalue weighted by Gasteiger charge is -2.30. The molecule has 1 aromatic carbocycles. The molecule has 2 heterocycles. The van der Waals surface area contributed by atoms with Crippen LogP contribution in [0, 0.1) is 0 Å². The number of aliphatic hydroxyl groups is 1. The van der Waals surface area contributed by atoms with E-state index in [9.17, 15) is 9.90 Å². The quantitative estimate of drug-likeness (QED) is 0.906. The third-order valence-electron chi connectivity index (χ3n) is 3.79. The van der Waals surface area contributed by atoms with Gasteiger partial charge < -0.3 is 15.3 Å². The van der Waals surface area contributed by atoms with Crippen molar-refractivity contribution in [1.29, 1.82) is 0 Å². The zero-order valence-electron chi connectivity index (χ0n) is 12.6. The van der Waals surface area contributed by atoms with E-state index in [1.54, 1.807) is 21.8 Å². The molecule has 0 aliphatic carbocycles. The number of hydrogen-bond donors (Lipinski definition) is 2. The van der Waals surface area contributed by atoms with Crippen LogP contribution in [0.5, 0.6) is 0 Å². The molecule has 0 spiro atoms. The minimum atomic E-state index is -0.408. The minimum absolute atomic E-state index is 0.0337. The normalized spacial score (nSPS) is 18.3. The molecule has 6 heteroatoms. The van der Waals surface area contributed by atoms with Gasteiger partial charge in [0, 0.05) is 37.6 Å². The molecule has 2 N–H and O–H groups in total. The van der Waals surface area contributed by atoms with E-state index < -0.39 is 6.10 Å². The van der Waals surface area contributed by atoms with Crippen LogP contribution in [0.4, 0.5) is 11.4 Å². The standard InChI is InChI=1S/C16H20N4O2/c1-19-10-14(9-17-19)18-13-5-2-4-12(8-13)16(22)20-7-3-6-15(21)11-20/h2,4-5,8-10,15,18,21H,3,6-7,11H2,1H3. The summed E-state index contributed by atoms with van der Waals surface area (Å²) >= 11 is 0. The van der Waals surface area contributed by atoms with E-state index in [0.29, 0.717) is 18.7 Å². The van der Waals surface area contributed by atoms with Crippen LogP contribution in [0.1, 0.15) is 23.2 Å². The number of likely N-dealkylation sites (tertiary alicyclic amines) is 1. The van der Waals surface area contributed by atoms with Crippen LogP contribution in [-0.2, 0) is 7.05 Å². The fourth-order valence-corrected chi connectivity index (χ4v) is 2.70. The van der Waals surface area contributed by atoms with Crippen molar-refractivity contribution in [1.82, 2.24) is 14.7 Å². The molecule has 0 bridgehead atoms. The molecule has 1 unspecified atom stereocenters. The van der Waals surface area contributed by atoms with Crippen LogP contribution in [-0.4, -0.2) is 44.9 Å².